The molecule has 0 aliphatic carbocycles. The Morgan fingerprint density at radius 3 is 2.50 bits per heavy atom. The molecule has 0 unspecified atom stereocenters. The van der Waals surface area contributed by atoms with E-state index in [9.17, 15) is 13.2 Å². The molecule has 0 atom stereocenters. The van der Waals surface area contributed by atoms with Crippen LogP contribution in [0.5, 0.6) is 5.75 Å². The minimum absolute atomic E-state index is 0.0295. The van der Waals surface area contributed by atoms with Crippen LogP contribution in [0.4, 0.5) is 13.2 Å². The summed E-state index contributed by atoms with van der Waals surface area (Å²) in [5.74, 6) is 0.816. The van der Waals surface area contributed by atoms with Gasteiger partial charge in [-0.05, 0) is 23.3 Å². The van der Waals surface area contributed by atoms with Crippen LogP contribution in [0, 0.1) is 0 Å². The van der Waals surface area contributed by atoms with E-state index in [2.05, 4.69) is 0 Å². The zero-order valence-electron chi connectivity index (χ0n) is 10.7. The molecule has 0 saturated heterocycles. The van der Waals surface area contributed by atoms with E-state index in [1.54, 1.807) is 6.07 Å². The standard InChI is InChI=1S/C15H14ClF3O/c16-10-13-12-5-2-1-4-11(12)6-7-14(13)20-9-3-8-15(17,18)19/h1-2,4-7H,3,8-10H2. The maximum Gasteiger partial charge on any atom is 0.389 e. The number of halogens is 4. The average Bonchev–Trinajstić information content (AvgIpc) is 2.42. The number of ether oxygens (including phenoxy) is 1. The number of alkyl halides is 4. The predicted molar refractivity (Wildman–Crippen MR) is 74.3 cm³/mol. The Hall–Kier alpha value is -1.42. The van der Waals surface area contributed by atoms with Crippen molar-refractivity contribution in [3.8, 4) is 5.75 Å². The Labute approximate surface area is 120 Å². The fourth-order valence-electron chi connectivity index (χ4n) is 2.04. The van der Waals surface area contributed by atoms with Crippen LogP contribution in [-0.2, 0) is 5.88 Å². The molecule has 0 aliphatic heterocycles. The molecule has 0 amide bonds. The van der Waals surface area contributed by atoms with Crippen molar-refractivity contribution < 1.29 is 17.9 Å². The van der Waals surface area contributed by atoms with Crippen LogP contribution in [0.15, 0.2) is 36.4 Å². The third kappa shape index (κ3) is 3.79. The number of fused-ring (bicyclic) bond motifs is 1. The van der Waals surface area contributed by atoms with Crippen molar-refractivity contribution in [1.82, 2.24) is 0 Å². The first kappa shape index (κ1) is 15.0. The van der Waals surface area contributed by atoms with Gasteiger partial charge in [-0.15, -0.1) is 11.6 Å². The average molecular weight is 303 g/mol. The molecule has 0 spiro atoms. The summed E-state index contributed by atoms with van der Waals surface area (Å²) in [4.78, 5) is 0. The molecule has 2 rings (SSSR count). The first-order valence-electron chi connectivity index (χ1n) is 6.27. The van der Waals surface area contributed by atoms with Crippen LogP contribution in [0.25, 0.3) is 10.8 Å². The molecule has 5 heteroatoms. The van der Waals surface area contributed by atoms with Gasteiger partial charge in [0.2, 0.25) is 0 Å². The highest BCUT2D eigenvalue weighted by Crippen LogP contribution is 2.30. The van der Waals surface area contributed by atoms with E-state index < -0.39 is 12.6 Å². The van der Waals surface area contributed by atoms with Crippen molar-refractivity contribution in [3.63, 3.8) is 0 Å². The van der Waals surface area contributed by atoms with Crippen molar-refractivity contribution in [3.05, 3.63) is 42.0 Å². The topological polar surface area (TPSA) is 9.23 Å². The molecule has 2 aromatic carbocycles. The van der Waals surface area contributed by atoms with Crippen molar-refractivity contribution in [2.24, 2.45) is 0 Å². The second-order valence-electron chi connectivity index (χ2n) is 4.46. The normalized spacial score (nSPS) is 11.8. The highest BCUT2D eigenvalue weighted by molar-refractivity contribution is 6.18. The summed E-state index contributed by atoms with van der Waals surface area (Å²) in [7, 11) is 0. The summed E-state index contributed by atoms with van der Waals surface area (Å²) in [5.41, 5.74) is 0.816. The molecule has 0 saturated carbocycles. The third-order valence-corrected chi connectivity index (χ3v) is 3.26. The zero-order valence-corrected chi connectivity index (χ0v) is 11.5. The number of rotatable bonds is 5. The van der Waals surface area contributed by atoms with Gasteiger partial charge in [0.05, 0.1) is 12.5 Å². The van der Waals surface area contributed by atoms with Crippen LogP contribution in [0.1, 0.15) is 18.4 Å². The first-order chi connectivity index (χ1) is 9.51. The molecule has 0 heterocycles. The van der Waals surface area contributed by atoms with E-state index in [4.69, 9.17) is 16.3 Å². The van der Waals surface area contributed by atoms with E-state index in [1.807, 2.05) is 30.3 Å². The van der Waals surface area contributed by atoms with Crippen LogP contribution < -0.4 is 4.74 Å². The van der Waals surface area contributed by atoms with E-state index in [-0.39, 0.29) is 18.9 Å². The van der Waals surface area contributed by atoms with Gasteiger partial charge >= 0.3 is 6.18 Å². The van der Waals surface area contributed by atoms with Crippen LogP contribution >= 0.6 is 11.6 Å². The van der Waals surface area contributed by atoms with Crippen molar-refractivity contribution >= 4 is 22.4 Å². The highest BCUT2D eigenvalue weighted by atomic mass is 35.5. The number of hydrogen-bond donors (Lipinski definition) is 0. The summed E-state index contributed by atoms with van der Waals surface area (Å²) in [6, 6.07) is 11.3. The van der Waals surface area contributed by atoms with Crippen LogP contribution in [0.2, 0.25) is 0 Å². The largest absolute Gasteiger partial charge is 0.493 e. The maximum atomic E-state index is 12.1. The minimum Gasteiger partial charge on any atom is -0.493 e. The first-order valence-corrected chi connectivity index (χ1v) is 6.81. The highest BCUT2D eigenvalue weighted by Gasteiger charge is 2.26. The Morgan fingerprint density at radius 2 is 1.80 bits per heavy atom. The lowest BCUT2D eigenvalue weighted by molar-refractivity contribution is -0.136. The Kier molecular flexibility index (Phi) is 4.76. The fourth-order valence-corrected chi connectivity index (χ4v) is 2.32. The molecular weight excluding hydrogens is 289 g/mol. The van der Waals surface area contributed by atoms with Gasteiger partial charge < -0.3 is 4.74 Å². The van der Waals surface area contributed by atoms with E-state index in [1.165, 1.54) is 0 Å². The van der Waals surface area contributed by atoms with Gasteiger partial charge in [0, 0.05) is 12.0 Å². The van der Waals surface area contributed by atoms with E-state index in [0.29, 0.717) is 5.75 Å². The third-order valence-electron chi connectivity index (χ3n) is 2.99. The summed E-state index contributed by atoms with van der Waals surface area (Å²) in [5, 5.41) is 2.00. The van der Waals surface area contributed by atoms with Gasteiger partial charge in [-0.2, -0.15) is 13.2 Å². The lowest BCUT2D eigenvalue weighted by atomic mass is 10.0. The molecule has 20 heavy (non-hydrogen) atoms. The molecule has 0 N–H and O–H groups in total. The minimum atomic E-state index is -4.14. The Morgan fingerprint density at radius 1 is 1.05 bits per heavy atom. The SMILES string of the molecule is FC(F)(F)CCCOc1ccc2ccccc2c1CCl. The summed E-state index contributed by atoms with van der Waals surface area (Å²) in [6.45, 7) is 0.0295. The van der Waals surface area contributed by atoms with Crippen LogP contribution in [0.3, 0.4) is 0 Å². The van der Waals surface area contributed by atoms with Gasteiger partial charge in [-0.25, -0.2) is 0 Å². The molecule has 1 nitrogen and oxygen atoms in total. The van der Waals surface area contributed by atoms with Gasteiger partial charge in [0.25, 0.3) is 0 Å². The quantitative estimate of drug-likeness (QED) is 0.538. The molecule has 0 aliphatic rings. The molecule has 108 valence electrons. The van der Waals surface area contributed by atoms with Gasteiger partial charge in [-0.1, -0.05) is 30.3 Å². The zero-order chi connectivity index (χ0) is 14.6. The molecule has 0 aromatic heterocycles. The second kappa shape index (κ2) is 6.35. The molecule has 2 aromatic rings. The molecule has 0 fully saturated rings. The Balaban J connectivity index is 2.10. The van der Waals surface area contributed by atoms with Gasteiger partial charge in [0.1, 0.15) is 5.75 Å². The predicted octanol–water partition coefficient (Wildman–Crippen LogP) is 5.30. The van der Waals surface area contributed by atoms with E-state index >= 15 is 0 Å². The van der Waals surface area contributed by atoms with Crippen molar-refractivity contribution in [2.75, 3.05) is 6.61 Å². The van der Waals surface area contributed by atoms with Crippen molar-refractivity contribution in [2.45, 2.75) is 24.9 Å². The summed E-state index contributed by atoms with van der Waals surface area (Å²) in [6.07, 6.45) is -5.03. The van der Waals surface area contributed by atoms with Gasteiger partial charge in [0.15, 0.2) is 0 Å². The maximum absolute atomic E-state index is 12.1. The van der Waals surface area contributed by atoms with Crippen molar-refractivity contribution in [1.29, 1.82) is 0 Å². The summed E-state index contributed by atoms with van der Waals surface area (Å²) < 4.78 is 41.6. The monoisotopic (exact) mass is 302 g/mol. The second-order valence-corrected chi connectivity index (χ2v) is 4.73. The number of hydrogen-bond acceptors (Lipinski definition) is 1. The molecule has 0 radical (unpaired) electrons. The van der Waals surface area contributed by atoms with Gasteiger partial charge in [-0.3, -0.25) is 0 Å². The lowest BCUT2D eigenvalue weighted by Crippen LogP contribution is -2.10. The summed E-state index contributed by atoms with van der Waals surface area (Å²) >= 11 is 5.94. The van der Waals surface area contributed by atoms with Crippen LogP contribution in [-0.4, -0.2) is 12.8 Å². The number of benzene rings is 2. The smallest absolute Gasteiger partial charge is 0.389 e. The Bertz CT molecular complexity index is 581. The lowest BCUT2D eigenvalue weighted by Gasteiger charge is -2.13. The molecular formula is C15H14ClF3O. The molecule has 0 bridgehead atoms. The van der Waals surface area contributed by atoms with E-state index in [0.717, 1.165) is 16.3 Å². The fraction of sp³-hybridized carbons (Fsp3) is 0.333.